The molecule has 1 aliphatic rings. The van der Waals surface area contributed by atoms with Gasteiger partial charge in [-0.3, -0.25) is 9.69 Å². The smallest absolute Gasteiger partial charge is 0.232 e. The van der Waals surface area contributed by atoms with Crippen molar-refractivity contribution < 1.29 is 17.9 Å². The van der Waals surface area contributed by atoms with Crippen molar-refractivity contribution in [3.8, 4) is 5.75 Å². The quantitative estimate of drug-likeness (QED) is 0.601. The van der Waals surface area contributed by atoms with Crippen LogP contribution in [0.2, 0.25) is 5.15 Å². The van der Waals surface area contributed by atoms with Crippen LogP contribution in [0.25, 0.3) is 0 Å². The number of ether oxygens (including phenoxy) is 1. The second-order valence-corrected chi connectivity index (χ2v) is 7.48. The molecule has 1 atom stereocenters. The number of nitrogens with zero attached hydrogens (tertiary/aromatic N) is 3. The van der Waals surface area contributed by atoms with Crippen LogP contribution in [0.5, 0.6) is 5.75 Å². The van der Waals surface area contributed by atoms with E-state index in [0.29, 0.717) is 0 Å². The maximum atomic E-state index is 12.0. The van der Waals surface area contributed by atoms with E-state index in [0.717, 1.165) is 0 Å². The molecule has 1 unspecified atom stereocenters. The highest BCUT2D eigenvalue weighted by atomic mass is 35.7. The highest BCUT2D eigenvalue weighted by Gasteiger charge is 2.35. The van der Waals surface area contributed by atoms with E-state index >= 15 is 0 Å². The van der Waals surface area contributed by atoms with Crippen molar-refractivity contribution in [2.24, 2.45) is 5.92 Å². The van der Waals surface area contributed by atoms with Gasteiger partial charge < -0.3 is 4.74 Å². The van der Waals surface area contributed by atoms with Crippen LogP contribution in [0.4, 0.5) is 5.82 Å². The van der Waals surface area contributed by atoms with Gasteiger partial charge in [0.05, 0.1) is 12.9 Å². The van der Waals surface area contributed by atoms with Gasteiger partial charge >= 0.3 is 0 Å². The van der Waals surface area contributed by atoms with Gasteiger partial charge in [0.25, 0.3) is 0 Å². The molecule has 0 aromatic carbocycles. The zero-order valence-corrected chi connectivity index (χ0v) is 12.7. The van der Waals surface area contributed by atoms with E-state index in [-0.39, 0.29) is 47.3 Å². The molecule has 0 saturated carbocycles. The highest BCUT2D eigenvalue weighted by Crippen LogP contribution is 2.35. The summed E-state index contributed by atoms with van der Waals surface area (Å²) in [4.78, 5) is 21.0. The Bertz CT molecular complexity index is 637. The summed E-state index contributed by atoms with van der Waals surface area (Å²) in [6.45, 7) is 0.189. The number of rotatable bonds is 4. The molecule has 0 N–H and O–H groups in total. The largest absolute Gasteiger partial charge is 0.490 e. The number of hydrogen-bond donors (Lipinski definition) is 0. The van der Waals surface area contributed by atoms with Gasteiger partial charge in [0.15, 0.2) is 16.7 Å². The minimum atomic E-state index is -3.66. The first-order chi connectivity index (χ1) is 9.31. The molecule has 0 aliphatic carbocycles. The molecule has 1 fully saturated rings. The Labute approximate surface area is 125 Å². The first-order valence-electron chi connectivity index (χ1n) is 5.59. The van der Waals surface area contributed by atoms with Crippen molar-refractivity contribution in [1.29, 1.82) is 0 Å². The minimum absolute atomic E-state index is 0.0801. The molecule has 20 heavy (non-hydrogen) atoms. The molecule has 0 spiro atoms. The van der Waals surface area contributed by atoms with Crippen LogP contribution in [-0.4, -0.2) is 43.7 Å². The SMILES string of the molecule is COc1c(Cl)ncnc1N1CC(CS(=O)(=O)Cl)CC1=O. The van der Waals surface area contributed by atoms with Crippen molar-refractivity contribution >= 4 is 43.1 Å². The van der Waals surface area contributed by atoms with Gasteiger partial charge in [0.2, 0.25) is 15.0 Å². The Morgan fingerprint density at radius 1 is 1.50 bits per heavy atom. The van der Waals surface area contributed by atoms with Crippen LogP contribution < -0.4 is 9.64 Å². The zero-order chi connectivity index (χ0) is 14.9. The van der Waals surface area contributed by atoms with Crippen molar-refractivity contribution in [1.82, 2.24) is 9.97 Å². The van der Waals surface area contributed by atoms with Gasteiger partial charge in [-0.15, -0.1) is 0 Å². The van der Waals surface area contributed by atoms with E-state index < -0.39 is 9.05 Å². The maximum absolute atomic E-state index is 12.0. The number of carbonyl (C=O) groups excluding carboxylic acids is 1. The fourth-order valence-electron chi connectivity index (χ4n) is 2.09. The Morgan fingerprint density at radius 2 is 2.20 bits per heavy atom. The van der Waals surface area contributed by atoms with Gasteiger partial charge in [-0.25, -0.2) is 18.4 Å². The number of carbonyl (C=O) groups is 1. The molecule has 1 amide bonds. The summed E-state index contributed by atoms with van der Waals surface area (Å²) < 4.78 is 27.2. The molecule has 2 rings (SSSR count). The molecular weight excluding hydrogens is 329 g/mol. The molecule has 7 nitrogen and oxygen atoms in total. The Hall–Kier alpha value is -1.12. The number of anilines is 1. The first kappa shape index (κ1) is 15.3. The fourth-order valence-corrected chi connectivity index (χ4v) is 3.62. The van der Waals surface area contributed by atoms with E-state index in [1.54, 1.807) is 0 Å². The Kier molecular flexibility index (Phi) is 4.36. The molecular formula is C10H11Cl2N3O4S. The minimum Gasteiger partial charge on any atom is -0.490 e. The van der Waals surface area contributed by atoms with E-state index in [9.17, 15) is 13.2 Å². The monoisotopic (exact) mass is 339 g/mol. The summed E-state index contributed by atoms with van der Waals surface area (Å²) in [6.07, 6.45) is 1.29. The molecule has 10 heteroatoms. The summed E-state index contributed by atoms with van der Waals surface area (Å²) in [5.74, 6) is -0.506. The van der Waals surface area contributed by atoms with Crippen LogP contribution in [0, 0.1) is 5.92 Å². The third kappa shape index (κ3) is 3.31. The van der Waals surface area contributed by atoms with Gasteiger partial charge in [0, 0.05) is 29.6 Å². The molecule has 1 aliphatic heterocycles. The lowest BCUT2D eigenvalue weighted by molar-refractivity contribution is -0.117. The standard InChI is InChI=1S/C10H11Cl2N3O4S/c1-19-8-9(11)13-5-14-10(8)15-3-6(2-7(15)16)4-20(12,17)18/h5-6H,2-4H2,1H3. The third-order valence-electron chi connectivity index (χ3n) is 2.84. The third-order valence-corrected chi connectivity index (χ3v) is 4.36. The summed E-state index contributed by atoms with van der Waals surface area (Å²) in [5, 5.41) is 0.0821. The van der Waals surface area contributed by atoms with Crippen LogP contribution in [0.1, 0.15) is 6.42 Å². The number of amides is 1. The first-order valence-corrected chi connectivity index (χ1v) is 8.44. The van der Waals surface area contributed by atoms with Gasteiger partial charge in [-0.05, 0) is 0 Å². The number of halogens is 2. The number of aromatic nitrogens is 2. The Morgan fingerprint density at radius 3 is 2.80 bits per heavy atom. The molecule has 1 saturated heterocycles. The van der Waals surface area contributed by atoms with E-state index in [1.165, 1.54) is 18.3 Å². The lowest BCUT2D eigenvalue weighted by Crippen LogP contribution is -2.27. The van der Waals surface area contributed by atoms with E-state index in [1.807, 2.05) is 0 Å². The van der Waals surface area contributed by atoms with Crippen LogP contribution in [0.3, 0.4) is 0 Å². The molecule has 110 valence electrons. The zero-order valence-electron chi connectivity index (χ0n) is 10.4. The summed E-state index contributed by atoms with van der Waals surface area (Å²) in [7, 11) is 2.94. The molecule has 0 radical (unpaired) electrons. The fraction of sp³-hybridized carbons (Fsp3) is 0.500. The lowest BCUT2D eigenvalue weighted by Gasteiger charge is -2.18. The lowest BCUT2D eigenvalue weighted by atomic mass is 10.1. The molecule has 1 aromatic heterocycles. The second kappa shape index (κ2) is 5.71. The van der Waals surface area contributed by atoms with Gasteiger partial charge in [-0.1, -0.05) is 11.6 Å². The van der Waals surface area contributed by atoms with Crippen LogP contribution in [-0.2, 0) is 13.8 Å². The summed E-state index contributed by atoms with van der Waals surface area (Å²) >= 11 is 5.87. The van der Waals surface area contributed by atoms with Gasteiger partial charge in [-0.2, -0.15) is 0 Å². The topological polar surface area (TPSA) is 89.5 Å². The summed E-state index contributed by atoms with van der Waals surface area (Å²) in [5.41, 5.74) is 0. The predicted octanol–water partition coefficient (Wildman–Crippen LogP) is 1.06. The molecule has 2 heterocycles. The average Bonchev–Trinajstić information content (AvgIpc) is 2.67. The van der Waals surface area contributed by atoms with E-state index in [4.69, 9.17) is 27.0 Å². The average molecular weight is 340 g/mol. The van der Waals surface area contributed by atoms with Crippen LogP contribution in [0.15, 0.2) is 6.33 Å². The Balaban J connectivity index is 2.27. The van der Waals surface area contributed by atoms with Crippen molar-refractivity contribution in [2.45, 2.75) is 6.42 Å². The highest BCUT2D eigenvalue weighted by molar-refractivity contribution is 8.13. The van der Waals surface area contributed by atoms with Crippen molar-refractivity contribution in [3.63, 3.8) is 0 Å². The van der Waals surface area contributed by atoms with Crippen molar-refractivity contribution in [2.75, 3.05) is 24.3 Å². The predicted molar refractivity (Wildman–Crippen MR) is 73.7 cm³/mol. The number of methoxy groups -OCH3 is 1. The molecule has 0 bridgehead atoms. The van der Waals surface area contributed by atoms with Crippen molar-refractivity contribution in [3.05, 3.63) is 11.5 Å². The summed E-state index contributed by atoms with van der Waals surface area (Å²) in [6, 6.07) is 0. The second-order valence-electron chi connectivity index (χ2n) is 4.30. The van der Waals surface area contributed by atoms with Crippen LogP contribution >= 0.6 is 22.3 Å². The van der Waals surface area contributed by atoms with E-state index in [2.05, 4.69) is 9.97 Å². The normalized spacial score (nSPS) is 19.4. The number of hydrogen-bond acceptors (Lipinski definition) is 6. The van der Waals surface area contributed by atoms with Gasteiger partial charge in [0.1, 0.15) is 6.33 Å². The maximum Gasteiger partial charge on any atom is 0.232 e. The molecule has 1 aromatic rings.